The molecule has 1 aliphatic rings. The molecule has 0 spiro atoms. The van der Waals surface area contributed by atoms with E-state index in [-0.39, 0.29) is 17.7 Å². The lowest BCUT2D eigenvalue weighted by molar-refractivity contribution is -0.122. The van der Waals surface area contributed by atoms with Gasteiger partial charge in [0.05, 0.1) is 0 Å². The molecule has 2 aromatic rings. The average molecular weight is 350 g/mol. The monoisotopic (exact) mass is 350 g/mol. The van der Waals surface area contributed by atoms with Crippen LogP contribution >= 0.6 is 0 Å². The largest absolute Gasteiger partial charge is 0.352 e. The second-order valence-corrected chi connectivity index (χ2v) is 6.92. The Morgan fingerprint density at radius 3 is 2.46 bits per heavy atom. The van der Waals surface area contributed by atoms with E-state index in [9.17, 15) is 9.59 Å². The van der Waals surface area contributed by atoms with Gasteiger partial charge in [0.25, 0.3) is 5.91 Å². The van der Waals surface area contributed by atoms with E-state index >= 15 is 0 Å². The fraction of sp³-hybridized carbons (Fsp3) is 0.364. The smallest absolute Gasteiger partial charge is 0.253 e. The Kier molecular flexibility index (Phi) is 6.05. The zero-order valence-electron chi connectivity index (χ0n) is 15.3. The molecular formula is C22H26N2O2. The zero-order chi connectivity index (χ0) is 18.4. The summed E-state index contributed by atoms with van der Waals surface area (Å²) in [6.45, 7) is 4.04. The summed E-state index contributed by atoms with van der Waals surface area (Å²) in [6, 6.07) is 17.7. The van der Waals surface area contributed by atoms with Crippen LogP contribution in [-0.2, 0) is 17.8 Å². The first-order valence-corrected chi connectivity index (χ1v) is 9.34. The summed E-state index contributed by atoms with van der Waals surface area (Å²) >= 11 is 0. The van der Waals surface area contributed by atoms with Gasteiger partial charge in [-0.05, 0) is 42.0 Å². The van der Waals surface area contributed by atoms with Crippen LogP contribution in [0.15, 0.2) is 54.6 Å². The van der Waals surface area contributed by atoms with Crippen LogP contribution in [0.2, 0.25) is 0 Å². The first kappa shape index (κ1) is 18.2. The summed E-state index contributed by atoms with van der Waals surface area (Å²) in [6.07, 6.45) is 2.33. The number of carbonyl (C=O) groups excluding carboxylic acids is 2. The number of carbonyl (C=O) groups is 2. The molecule has 1 heterocycles. The molecule has 26 heavy (non-hydrogen) atoms. The van der Waals surface area contributed by atoms with Crippen LogP contribution in [0.3, 0.4) is 0 Å². The third-order valence-corrected chi connectivity index (χ3v) is 4.99. The van der Waals surface area contributed by atoms with Gasteiger partial charge in [0, 0.05) is 31.6 Å². The van der Waals surface area contributed by atoms with E-state index in [1.807, 2.05) is 59.5 Å². The molecule has 0 aliphatic carbocycles. The predicted molar refractivity (Wildman–Crippen MR) is 103 cm³/mol. The maximum Gasteiger partial charge on any atom is 0.253 e. The van der Waals surface area contributed by atoms with Crippen LogP contribution in [-0.4, -0.2) is 29.8 Å². The van der Waals surface area contributed by atoms with E-state index < -0.39 is 0 Å². The molecule has 1 fully saturated rings. The Balaban J connectivity index is 1.46. The van der Waals surface area contributed by atoms with Crippen molar-refractivity contribution in [3.63, 3.8) is 0 Å². The third kappa shape index (κ3) is 4.72. The highest BCUT2D eigenvalue weighted by atomic mass is 16.2. The average Bonchev–Trinajstić information content (AvgIpc) is 3.15. The van der Waals surface area contributed by atoms with Gasteiger partial charge in [0.2, 0.25) is 5.91 Å². The maximum atomic E-state index is 12.6. The lowest BCUT2D eigenvalue weighted by atomic mass is 10.0. The van der Waals surface area contributed by atoms with Crippen molar-refractivity contribution in [1.29, 1.82) is 0 Å². The van der Waals surface area contributed by atoms with Gasteiger partial charge in [-0.3, -0.25) is 9.59 Å². The zero-order valence-corrected chi connectivity index (χ0v) is 15.3. The number of likely N-dealkylation sites (tertiary alicyclic amines) is 1. The van der Waals surface area contributed by atoms with Crippen molar-refractivity contribution in [3.05, 3.63) is 71.3 Å². The molecule has 0 bridgehead atoms. The maximum absolute atomic E-state index is 12.6. The number of aryl methyl sites for hydroxylation is 1. The summed E-state index contributed by atoms with van der Waals surface area (Å²) in [4.78, 5) is 26.7. The number of amides is 2. The van der Waals surface area contributed by atoms with Gasteiger partial charge in [-0.15, -0.1) is 0 Å². The van der Waals surface area contributed by atoms with E-state index in [1.54, 1.807) is 0 Å². The minimum absolute atomic E-state index is 0.0560. The van der Waals surface area contributed by atoms with Crippen molar-refractivity contribution in [1.82, 2.24) is 10.2 Å². The fourth-order valence-corrected chi connectivity index (χ4v) is 3.38. The number of benzene rings is 2. The van der Waals surface area contributed by atoms with E-state index in [0.29, 0.717) is 19.5 Å². The van der Waals surface area contributed by atoms with E-state index in [4.69, 9.17) is 0 Å². The molecule has 4 nitrogen and oxygen atoms in total. The minimum atomic E-state index is 0.0560. The molecule has 1 atom stereocenters. The Hall–Kier alpha value is -2.62. The molecule has 2 aromatic carbocycles. The molecule has 2 amide bonds. The van der Waals surface area contributed by atoms with E-state index in [2.05, 4.69) is 12.2 Å². The van der Waals surface area contributed by atoms with Gasteiger partial charge in [-0.25, -0.2) is 0 Å². The summed E-state index contributed by atoms with van der Waals surface area (Å²) in [7, 11) is 0. The molecule has 1 saturated heterocycles. The van der Waals surface area contributed by atoms with Crippen LogP contribution in [0.4, 0.5) is 0 Å². The molecule has 1 N–H and O–H groups in total. The molecule has 3 rings (SSSR count). The highest BCUT2D eigenvalue weighted by molar-refractivity contribution is 5.94. The highest BCUT2D eigenvalue weighted by Gasteiger charge is 2.28. The Morgan fingerprint density at radius 2 is 1.77 bits per heavy atom. The number of nitrogens with one attached hydrogen (secondary N) is 1. The van der Waals surface area contributed by atoms with Crippen molar-refractivity contribution in [2.45, 2.75) is 32.7 Å². The molecule has 0 saturated carbocycles. The van der Waals surface area contributed by atoms with Crippen LogP contribution in [0.1, 0.15) is 41.3 Å². The predicted octanol–water partition coefficient (Wildman–Crippen LogP) is 3.42. The molecule has 4 heteroatoms. The minimum Gasteiger partial charge on any atom is -0.352 e. The van der Waals surface area contributed by atoms with Crippen molar-refractivity contribution in [2.24, 2.45) is 5.92 Å². The lowest BCUT2D eigenvalue weighted by Gasteiger charge is -2.17. The van der Waals surface area contributed by atoms with Gasteiger partial charge in [-0.2, -0.15) is 0 Å². The van der Waals surface area contributed by atoms with Crippen molar-refractivity contribution in [2.75, 3.05) is 13.1 Å². The lowest BCUT2D eigenvalue weighted by Crippen LogP contribution is -2.30. The SMILES string of the molecule is CCc1ccc(C(=O)N2CC[C@H](CC(=O)NCc3ccccc3)C2)cc1. The van der Waals surface area contributed by atoms with Gasteiger partial charge in [-0.1, -0.05) is 49.4 Å². The number of rotatable bonds is 6. The number of nitrogens with zero attached hydrogens (tertiary/aromatic N) is 1. The van der Waals surface area contributed by atoms with E-state index in [1.165, 1.54) is 5.56 Å². The molecule has 1 aliphatic heterocycles. The van der Waals surface area contributed by atoms with Crippen molar-refractivity contribution >= 4 is 11.8 Å². The van der Waals surface area contributed by atoms with E-state index in [0.717, 1.165) is 30.5 Å². The molecule has 136 valence electrons. The summed E-state index contributed by atoms with van der Waals surface area (Å²) < 4.78 is 0. The standard InChI is InChI=1S/C22H26N2O2/c1-2-17-8-10-20(11-9-17)22(26)24-13-12-19(16-24)14-21(25)23-15-18-6-4-3-5-7-18/h3-11,19H,2,12-16H2,1H3,(H,23,25)/t19-/m1/s1. The first-order chi connectivity index (χ1) is 12.7. The second-order valence-electron chi connectivity index (χ2n) is 6.92. The Bertz CT molecular complexity index is 740. The molecular weight excluding hydrogens is 324 g/mol. The molecule has 0 unspecified atom stereocenters. The second kappa shape index (κ2) is 8.65. The Labute approximate surface area is 155 Å². The van der Waals surface area contributed by atoms with Crippen LogP contribution in [0.5, 0.6) is 0 Å². The normalized spacial score (nSPS) is 16.5. The first-order valence-electron chi connectivity index (χ1n) is 9.34. The van der Waals surface area contributed by atoms with Crippen LogP contribution in [0, 0.1) is 5.92 Å². The molecule has 0 aromatic heterocycles. The Morgan fingerprint density at radius 1 is 1.04 bits per heavy atom. The highest BCUT2D eigenvalue weighted by Crippen LogP contribution is 2.22. The van der Waals surface area contributed by atoms with Gasteiger partial charge >= 0.3 is 0 Å². The summed E-state index contributed by atoms with van der Waals surface area (Å²) in [5, 5.41) is 2.97. The van der Waals surface area contributed by atoms with Crippen LogP contribution in [0.25, 0.3) is 0 Å². The summed E-state index contributed by atoms with van der Waals surface area (Å²) in [5.41, 5.74) is 3.06. The third-order valence-electron chi connectivity index (χ3n) is 4.99. The van der Waals surface area contributed by atoms with Gasteiger partial charge < -0.3 is 10.2 Å². The fourth-order valence-electron chi connectivity index (χ4n) is 3.38. The van der Waals surface area contributed by atoms with Crippen molar-refractivity contribution in [3.8, 4) is 0 Å². The molecule has 0 radical (unpaired) electrons. The number of hydrogen-bond donors (Lipinski definition) is 1. The van der Waals surface area contributed by atoms with Crippen LogP contribution < -0.4 is 5.32 Å². The quantitative estimate of drug-likeness (QED) is 0.868. The van der Waals surface area contributed by atoms with Crippen molar-refractivity contribution < 1.29 is 9.59 Å². The topological polar surface area (TPSA) is 49.4 Å². The summed E-state index contributed by atoms with van der Waals surface area (Å²) in [5.74, 6) is 0.366. The van der Waals surface area contributed by atoms with Gasteiger partial charge in [0.15, 0.2) is 0 Å². The van der Waals surface area contributed by atoms with Gasteiger partial charge in [0.1, 0.15) is 0 Å². The number of hydrogen-bond acceptors (Lipinski definition) is 2.